The molecule has 1 aromatic rings. The Balaban J connectivity index is 2.24. The molecule has 0 nitrogen and oxygen atoms in total. The van der Waals surface area contributed by atoms with Gasteiger partial charge in [0.1, 0.15) is 0 Å². The highest BCUT2D eigenvalue weighted by Crippen LogP contribution is 2.10. The van der Waals surface area contributed by atoms with Gasteiger partial charge in [-0.3, -0.25) is 0 Å². The van der Waals surface area contributed by atoms with Gasteiger partial charge in [-0.25, -0.2) is 0 Å². The van der Waals surface area contributed by atoms with Gasteiger partial charge in [-0.15, -0.1) is 0 Å². The first kappa shape index (κ1) is 13.0. The van der Waals surface area contributed by atoms with Gasteiger partial charge in [-0.1, -0.05) is 68.2 Å². The fourth-order valence-corrected chi connectivity index (χ4v) is 1.91. The van der Waals surface area contributed by atoms with E-state index in [1.807, 2.05) is 0 Å². The number of allylic oxidation sites excluding steroid dienone is 2. The zero-order valence-electron chi connectivity index (χ0n) is 10.7. The number of unbranched alkanes of at least 4 members (excludes halogenated alkanes) is 4. The lowest BCUT2D eigenvalue weighted by Gasteiger charge is -2.02. The maximum Gasteiger partial charge on any atom is -0.00699 e. The SMILES string of the molecule is CCCCCC/C=C(\C)Cc1ccccc1. The third-order valence-electron chi connectivity index (χ3n) is 2.88. The molecule has 0 aliphatic rings. The molecule has 0 bridgehead atoms. The Morgan fingerprint density at radius 1 is 1.06 bits per heavy atom. The Morgan fingerprint density at radius 2 is 1.81 bits per heavy atom. The molecule has 88 valence electrons. The van der Waals surface area contributed by atoms with Crippen LogP contribution in [0.4, 0.5) is 0 Å². The monoisotopic (exact) mass is 216 g/mol. The standard InChI is InChI=1S/C16H24/c1-3-4-5-6-8-11-15(2)14-16-12-9-7-10-13-16/h7,9-13H,3-6,8,14H2,1-2H3/b15-11+. The third kappa shape index (κ3) is 5.75. The van der Waals surface area contributed by atoms with Gasteiger partial charge in [0.25, 0.3) is 0 Å². The van der Waals surface area contributed by atoms with Crippen molar-refractivity contribution in [1.82, 2.24) is 0 Å². The fourth-order valence-electron chi connectivity index (χ4n) is 1.91. The smallest absolute Gasteiger partial charge is 0.00699 e. The molecule has 0 heteroatoms. The van der Waals surface area contributed by atoms with Gasteiger partial charge >= 0.3 is 0 Å². The zero-order chi connectivity index (χ0) is 11.6. The van der Waals surface area contributed by atoms with E-state index in [4.69, 9.17) is 0 Å². The van der Waals surface area contributed by atoms with E-state index in [2.05, 4.69) is 50.3 Å². The van der Waals surface area contributed by atoms with Crippen LogP contribution < -0.4 is 0 Å². The van der Waals surface area contributed by atoms with Crippen LogP contribution >= 0.6 is 0 Å². The quantitative estimate of drug-likeness (QED) is 0.437. The van der Waals surface area contributed by atoms with Crippen molar-refractivity contribution in [2.45, 2.75) is 52.4 Å². The van der Waals surface area contributed by atoms with Crippen molar-refractivity contribution in [3.63, 3.8) is 0 Å². The van der Waals surface area contributed by atoms with Gasteiger partial charge in [0, 0.05) is 0 Å². The van der Waals surface area contributed by atoms with E-state index in [9.17, 15) is 0 Å². The Morgan fingerprint density at radius 3 is 2.50 bits per heavy atom. The van der Waals surface area contributed by atoms with Crippen LogP contribution in [0.15, 0.2) is 42.0 Å². The zero-order valence-corrected chi connectivity index (χ0v) is 10.7. The summed E-state index contributed by atoms with van der Waals surface area (Å²) in [5.74, 6) is 0. The summed E-state index contributed by atoms with van der Waals surface area (Å²) in [6.45, 7) is 4.50. The molecule has 0 aliphatic heterocycles. The number of hydrogen-bond donors (Lipinski definition) is 0. The minimum absolute atomic E-state index is 1.11. The molecular weight excluding hydrogens is 192 g/mol. The normalized spacial score (nSPS) is 11.8. The van der Waals surface area contributed by atoms with Crippen LogP contribution in [0.5, 0.6) is 0 Å². The van der Waals surface area contributed by atoms with Crippen LogP contribution in [0.25, 0.3) is 0 Å². The molecule has 0 fully saturated rings. The number of rotatable bonds is 7. The van der Waals surface area contributed by atoms with Gasteiger partial charge in [0.05, 0.1) is 0 Å². The van der Waals surface area contributed by atoms with Crippen LogP contribution in [-0.2, 0) is 6.42 Å². The molecule has 0 saturated heterocycles. The summed E-state index contributed by atoms with van der Waals surface area (Å²) in [7, 11) is 0. The average molecular weight is 216 g/mol. The molecule has 0 heterocycles. The first-order chi connectivity index (χ1) is 7.83. The van der Waals surface area contributed by atoms with E-state index in [0.29, 0.717) is 0 Å². The summed E-state index contributed by atoms with van der Waals surface area (Å²) in [5, 5.41) is 0. The summed E-state index contributed by atoms with van der Waals surface area (Å²) in [5.41, 5.74) is 2.92. The van der Waals surface area contributed by atoms with Gasteiger partial charge in [-0.2, -0.15) is 0 Å². The highest BCUT2D eigenvalue weighted by Gasteiger charge is 1.93. The van der Waals surface area contributed by atoms with Gasteiger partial charge in [0.2, 0.25) is 0 Å². The summed E-state index contributed by atoms with van der Waals surface area (Å²) in [4.78, 5) is 0. The third-order valence-corrected chi connectivity index (χ3v) is 2.88. The van der Waals surface area contributed by atoms with E-state index in [1.165, 1.54) is 43.2 Å². The lowest BCUT2D eigenvalue weighted by molar-refractivity contribution is 0.673. The fraction of sp³-hybridized carbons (Fsp3) is 0.500. The lowest BCUT2D eigenvalue weighted by atomic mass is 10.0. The molecule has 1 aromatic carbocycles. The van der Waals surface area contributed by atoms with Crippen LogP contribution in [0.2, 0.25) is 0 Å². The molecule has 0 spiro atoms. The van der Waals surface area contributed by atoms with Crippen LogP contribution in [0.1, 0.15) is 51.5 Å². The minimum atomic E-state index is 1.11. The number of benzene rings is 1. The van der Waals surface area contributed by atoms with Crippen molar-refractivity contribution >= 4 is 0 Å². The Kier molecular flexibility index (Phi) is 6.64. The summed E-state index contributed by atoms with van der Waals surface area (Å²) in [6, 6.07) is 10.7. The maximum absolute atomic E-state index is 2.41. The second-order valence-corrected chi connectivity index (χ2v) is 4.56. The molecular formula is C16H24. The van der Waals surface area contributed by atoms with Crippen molar-refractivity contribution in [3.05, 3.63) is 47.5 Å². The average Bonchev–Trinajstić information content (AvgIpc) is 2.30. The van der Waals surface area contributed by atoms with E-state index in [1.54, 1.807) is 0 Å². The van der Waals surface area contributed by atoms with Crippen molar-refractivity contribution in [3.8, 4) is 0 Å². The second-order valence-electron chi connectivity index (χ2n) is 4.56. The molecule has 0 saturated carbocycles. The molecule has 0 aromatic heterocycles. The van der Waals surface area contributed by atoms with Crippen LogP contribution in [0, 0.1) is 0 Å². The van der Waals surface area contributed by atoms with Crippen LogP contribution in [0.3, 0.4) is 0 Å². The topological polar surface area (TPSA) is 0 Å². The Hall–Kier alpha value is -1.04. The Bertz CT molecular complexity index is 295. The van der Waals surface area contributed by atoms with Gasteiger partial charge in [-0.05, 0) is 31.7 Å². The van der Waals surface area contributed by atoms with Gasteiger partial charge in [0.15, 0.2) is 0 Å². The first-order valence-corrected chi connectivity index (χ1v) is 6.52. The molecule has 0 N–H and O–H groups in total. The van der Waals surface area contributed by atoms with Crippen molar-refractivity contribution < 1.29 is 0 Å². The molecule has 0 amide bonds. The largest absolute Gasteiger partial charge is 0.0853 e. The minimum Gasteiger partial charge on any atom is -0.0853 e. The van der Waals surface area contributed by atoms with Gasteiger partial charge < -0.3 is 0 Å². The summed E-state index contributed by atoms with van der Waals surface area (Å²) < 4.78 is 0. The second kappa shape index (κ2) is 8.15. The predicted octanol–water partition coefficient (Wildman–Crippen LogP) is 5.15. The highest BCUT2D eigenvalue weighted by molar-refractivity contribution is 5.20. The predicted molar refractivity (Wildman–Crippen MR) is 72.7 cm³/mol. The van der Waals surface area contributed by atoms with Crippen molar-refractivity contribution in [1.29, 1.82) is 0 Å². The Labute approximate surface area is 100 Å². The lowest BCUT2D eigenvalue weighted by Crippen LogP contribution is -1.86. The molecule has 0 atom stereocenters. The van der Waals surface area contributed by atoms with Crippen LogP contribution in [-0.4, -0.2) is 0 Å². The molecule has 0 radical (unpaired) electrons. The van der Waals surface area contributed by atoms with Crippen molar-refractivity contribution in [2.75, 3.05) is 0 Å². The highest BCUT2D eigenvalue weighted by atomic mass is 14.0. The molecule has 1 rings (SSSR count). The van der Waals surface area contributed by atoms with E-state index < -0.39 is 0 Å². The number of hydrogen-bond acceptors (Lipinski definition) is 0. The van der Waals surface area contributed by atoms with Crippen molar-refractivity contribution in [2.24, 2.45) is 0 Å². The van der Waals surface area contributed by atoms with E-state index in [0.717, 1.165) is 6.42 Å². The van der Waals surface area contributed by atoms with E-state index >= 15 is 0 Å². The summed E-state index contributed by atoms with van der Waals surface area (Å²) >= 11 is 0. The first-order valence-electron chi connectivity index (χ1n) is 6.52. The molecule has 0 unspecified atom stereocenters. The van der Waals surface area contributed by atoms with E-state index in [-0.39, 0.29) is 0 Å². The molecule has 16 heavy (non-hydrogen) atoms. The maximum atomic E-state index is 2.41. The summed E-state index contributed by atoms with van der Waals surface area (Å²) in [6.07, 6.45) is 10.2. The molecule has 0 aliphatic carbocycles.